The van der Waals surface area contributed by atoms with E-state index in [0.29, 0.717) is 21.3 Å². The fraction of sp³-hybridized carbons (Fsp3) is 0.100. The zero-order chi connectivity index (χ0) is 19.3. The van der Waals surface area contributed by atoms with Crippen molar-refractivity contribution in [2.45, 2.75) is 13.8 Å². The molecule has 1 saturated heterocycles. The maximum atomic E-state index is 13.1. The van der Waals surface area contributed by atoms with Crippen molar-refractivity contribution in [3.63, 3.8) is 0 Å². The second-order valence-corrected chi connectivity index (χ2v) is 7.87. The second-order valence-electron chi connectivity index (χ2n) is 6.22. The monoisotopic (exact) mass is 394 g/mol. The third-order valence-electron chi connectivity index (χ3n) is 4.43. The van der Waals surface area contributed by atoms with Crippen LogP contribution in [0.15, 0.2) is 53.4 Å². The van der Waals surface area contributed by atoms with E-state index in [2.05, 4.69) is 0 Å². The fourth-order valence-corrected chi connectivity index (χ4v) is 4.55. The summed E-state index contributed by atoms with van der Waals surface area (Å²) < 4.78 is 0.359. The van der Waals surface area contributed by atoms with E-state index in [0.717, 1.165) is 22.2 Å². The summed E-state index contributed by atoms with van der Waals surface area (Å²) in [5.41, 5.74) is 3.01. The van der Waals surface area contributed by atoms with Crippen molar-refractivity contribution in [2.75, 3.05) is 9.80 Å². The second kappa shape index (κ2) is 6.44. The first kappa shape index (κ1) is 17.6. The smallest absolute Gasteiger partial charge is 0.271 e. The highest BCUT2D eigenvalue weighted by Crippen LogP contribution is 2.45. The number of hydrogen-bond donors (Lipinski definition) is 0. The van der Waals surface area contributed by atoms with Crippen molar-refractivity contribution in [1.82, 2.24) is 0 Å². The predicted octanol–water partition coefficient (Wildman–Crippen LogP) is 3.66. The van der Waals surface area contributed by atoms with E-state index in [1.165, 1.54) is 11.8 Å². The number of para-hydroxylation sites is 1. The molecular formula is C20H14N2O3S2. The van der Waals surface area contributed by atoms with E-state index >= 15 is 0 Å². The fourth-order valence-electron chi connectivity index (χ4n) is 3.18. The summed E-state index contributed by atoms with van der Waals surface area (Å²) in [6.07, 6.45) is 0. The highest BCUT2D eigenvalue weighted by molar-refractivity contribution is 8.27. The maximum absolute atomic E-state index is 13.1. The molecule has 4 rings (SSSR count). The molecule has 0 spiro atoms. The minimum absolute atomic E-state index is 0.229. The number of fused-ring (bicyclic) bond motifs is 1. The topological polar surface area (TPSA) is 57.7 Å². The number of carbonyl (C=O) groups excluding carboxylic acids is 3. The molecule has 2 heterocycles. The van der Waals surface area contributed by atoms with Crippen molar-refractivity contribution in [2.24, 2.45) is 0 Å². The molecule has 7 heteroatoms. The number of benzene rings is 2. The highest BCUT2D eigenvalue weighted by Gasteiger charge is 2.43. The molecule has 0 radical (unpaired) electrons. The summed E-state index contributed by atoms with van der Waals surface area (Å²) >= 11 is 6.49. The number of aryl methyl sites for hydroxylation is 1. The van der Waals surface area contributed by atoms with Crippen LogP contribution < -0.4 is 9.80 Å². The van der Waals surface area contributed by atoms with Crippen LogP contribution >= 0.6 is 24.0 Å². The third-order valence-corrected chi connectivity index (χ3v) is 5.81. The summed E-state index contributed by atoms with van der Waals surface area (Å²) in [6, 6.07) is 14.4. The number of thiocarbonyl (C=S) groups is 1. The Morgan fingerprint density at radius 1 is 1.00 bits per heavy atom. The van der Waals surface area contributed by atoms with Crippen LogP contribution in [0.2, 0.25) is 0 Å². The summed E-state index contributed by atoms with van der Waals surface area (Å²) in [6.45, 7) is 3.29. The third kappa shape index (κ3) is 2.70. The SMILES string of the molecule is CC(=O)N1C(=O)/C(=C2/SC(=S)N(c3ccc(C)cc3)C2=O)c2ccccc21. The molecule has 2 aliphatic rings. The quantitative estimate of drug-likeness (QED) is 0.546. The Morgan fingerprint density at radius 2 is 1.67 bits per heavy atom. The number of anilines is 2. The van der Waals surface area contributed by atoms with Crippen LogP contribution in [0.3, 0.4) is 0 Å². The lowest BCUT2D eigenvalue weighted by atomic mass is 10.1. The van der Waals surface area contributed by atoms with Gasteiger partial charge in [0.2, 0.25) is 5.91 Å². The number of imide groups is 1. The minimum Gasteiger partial charge on any atom is -0.274 e. The zero-order valence-corrected chi connectivity index (χ0v) is 16.2. The van der Waals surface area contributed by atoms with Crippen LogP contribution in [0.5, 0.6) is 0 Å². The lowest BCUT2D eigenvalue weighted by molar-refractivity contribution is -0.122. The van der Waals surface area contributed by atoms with Gasteiger partial charge in [0.15, 0.2) is 4.32 Å². The average Bonchev–Trinajstić information content (AvgIpc) is 3.08. The largest absolute Gasteiger partial charge is 0.274 e. The predicted molar refractivity (Wildman–Crippen MR) is 110 cm³/mol. The molecule has 0 atom stereocenters. The molecule has 5 nitrogen and oxygen atoms in total. The van der Waals surface area contributed by atoms with E-state index in [-0.39, 0.29) is 16.4 Å². The average molecular weight is 394 g/mol. The van der Waals surface area contributed by atoms with Gasteiger partial charge in [-0.25, -0.2) is 4.90 Å². The van der Waals surface area contributed by atoms with Gasteiger partial charge >= 0.3 is 0 Å². The Hall–Kier alpha value is -2.77. The normalized spacial score (nSPS) is 19.1. The van der Waals surface area contributed by atoms with Gasteiger partial charge in [-0.15, -0.1) is 0 Å². The summed E-state index contributed by atoms with van der Waals surface area (Å²) in [7, 11) is 0. The molecule has 2 aromatic carbocycles. The molecule has 0 bridgehead atoms. The molecule has 0 unspecified atom stereocenters. The first-order valence-electron chi connectivity index (χ1n) is 8.22. The lowest BCUT2D eigenvalue weighted by Crippen LogP contribution is -2.32. The lowest BCUT2D eigenvalue weighted by Gasteiger charge is -2.14. The van der Waals surface area contributed by atoms with Crippen molar-refractivity contribution in [1.29, 1.82) is 0 Å². The van der Waals surface area contributed by atoms with E-state index in [1.54, 1.807) is 24.3 Å². The standard InChI is InChI=1S/C20H14N2O3S2/c1-11-7-9-13(10-8-11)22-19(25)17(27-20(22)26)16-14-5-3-4-6-15(14)21(12(2)23)18(16)24/h3-10H,1-2H3/b17-16+. The Balaban J connectivity index is 1.85. The van der Waals surface area contributed by atoms with Gasteiger partial charge in [-0.2, -0.15) is 0 Å². The Bertz CT molecular complexity index is 1060. The molecule has 27 heavy (non-hydrogen) atoms. The Morgan fingerprint density at radius 3 is 2.33 bits per heavy atom. The van der Waals surface area contributed by atoms with Crippen LogP contribution in [-0.2, 0) is 14.4 Å². The number of rotatable bonds is 1. The summed E-state index contributed by atoms with van der Waals surface area (Å²) in [4.78, 5) is 40.8. The van der Waals surface area contributed by atoms with Gasteiger partial charge in [0.1, 0.15) is 0 Å². The Kier molecular flexibility index (Phi) is 4.20. The van der Waals surface area contributed by atoms with Crippen LogP contribution in [0.4, 0.5) is 11.4 Å². The number of hydrogen-bond acceptors (Lipinski definition) is 5. The molecule has 0 aliphatic carbocycles. The first-order chi connectivity index (χ1) is 12.9. The van der Waals surface area contributed by atoms with Gasteiger partial charge in [-0.05, 0) is 25.1 Å². The number of carbonyl (C=O) groups is 3. The molecule has 0 aromatic heterocycles. The number of amides is 3. The number of thioether (sulfide) groups is 1. The summed E-state index contributed by atoms with van der Waals surface area (Å²) in [5.74, 6) is -1.23. The first-order valence-corrected chi connectivity index (χ1v) is 9.44. The van der Waals surface area contributed by atoms with Gasteiger partial charge in [-0.3, -0.25) is 19.3 Å². The Labute approximate surface area is 165 Å². The van der Waals surface area contributed by atoms with E-state index in [4.69, 9.17) is 12.2 Å². The van der Waals surface area contributed by atoms with Gasteiger partial charge in [0.25, 0.3) is 11.8 Å². The van der Waals surface area contributed by atoms with Crippen LogP contribution in [0, 0.1) is 6.92 Å². The van der Waals surface area contributed by atoms with Crippen LogP contribution in [0.1, 0.15) is 18.1 Å². The van der Waals surface area contributed by atoms with Gasteiger partial charge in [0, 0.05) is 12.5 Å². The number of nitrogens with zero attached hydrogens (tertiary/aromatic N) is 2. The highest BCUT2D eigenvalue weighted by atomic mass is 32.2. The molecule has 2 aromatic rings. The van der Waals surface area contributed by atoms with Crippen molar-refractivity contribution < 1.29 is 14.4 Å². The molecular weight excluding hydrogens is 380 g/mol. The molecule has 1 fully saturated rings. The van der Waals surface area contributed by atoms with Gasteiger partial charge in [-0.1, -0.05) is 59.9 Å². The van der Waals surface area contributed by atoms with Crippen molar-refractivity contribution in [3.05, 3.63) is 64.6 Å². The summed E-state index contributed by atoms with van der Waals surface area (Å²) in [5, 5.41) is 0. The van der Waals surface area contributed by atoms with Crippen molar-refractivity contribution in [3.8, 4) is 0 Å². The minimum atomic E-state index is -0.492. The van der Waals surface area contributed by atoms with Gasteiger partial charge < -0.3 is 0 Å². The van der Waals surface area contributed by atoms with Gasteiger partial charge in [0.05, 0.1) is 21.9 Å². The van der Waals surface area contributed by atoms with Crippen molar-refractivity contribution >= 4 is 63.0 Å². The molecule has 0 saturated carbocycles. The molecule has 0 N–H and O–H groups in total. The molecule has 2 aliphatic heterocycles. The van der Waals surface area contributed by atoms with Crippen LogP contribution in [-0.4, -0.2) is 22.0 Å². The molecule has 134 valence electrons. The zero-order valence-electron chi connectivity index (χ0n) is 14.6. The van der Waals surface area contributed by atoms with E-state index in [9.17, 15) is 14.4 Å². The van der Waals surface area contributed by atoms with Crippen LogP contribution in [0.25, 0.3) is 5.57 Å². The van der Waals surface area contributed by atoms with E-state index < -0.39 is 11.8 Å². The van der Waals surface area contributed by atoms with E-state index in [1.807, 2.05) is 31.2 Å². The maximum Gasteiger partial charge on any atom is 0.271 e. The molecule has 3 amide bonds.